The van der Waals surface area contributed by atoms with Crippen molar-refractivity contribution >= 4 is 34.5 Å². The molecule has 0 fully saturated rings. The van der Waals surface area contributed by atoms with Gasteiger partial charge in [-0.25, -0.2) is 4.98 Å². The standard InChI is InChI=1S/C16H23ClN2O3S/c1-6-22-15(20)13(19-23(21)16(3,4)5)10-11(2)12-8-7-9-14(17)18-12/h7-9,13,19H,2,6,10H2,1,3-5H3/t13-,23?/m0/s1. The maximum absolute atomic E-state index is 12.3. The summed E-state index contributed by atoms with van der Waals surface area (Å²) in [6.45, 7) is 11.4. The van der Waals surface area contributed by atoms with Gasteiger partial charge in [-0.2, -0.15) is 0 Å². The highest BCUT2D eigenvalue weighted by molar-refractivity contribution is 7.90. The van der Waals surface area contributed by atoms with Crippen LogP contribution < -0.4 is 4.72 Å². The lowest BCUT2D eigenvalue weighted by Crippen LogP contribution is -2.48. The number of hydrogen-bond donors (Lipinski definition) is 1. The van der Waals surface area contributed by atoms with Gasteiger partial charge in [0.25, 0.3) is 0 Å². The summed E-state index contributed by atoms with van der Waals surface area (Å²) in [7, 11) is 0. The van der Waals surface area contributed by atoms with Gasteiger partial charge in [0.2, 0.25) is 0 Å². The molecule has 0 bridgehead atoms. The van der Waals surface area contributed by atoms with Crippen LogP contribution in [-0.4, -0.2) is 32.9 Å². The van der Waals surface area contributed by atoms with Crippen molar-refractivity contribution in [2.75, 3.05) is 6.61 Å². The van der Waals surface area contributed by atoms with Gasteiger partial charge >= 0.3 is 5.97 Å². The predicted molar refractivity (Wildman–Crippen MR) is 94.4 cm³/mol. The molecule has 0 aliphatic carbocycles. The average molecular weight is 359 g/mol. The van der Waals surface area contributed by atoms with Crippen molar-refractivity contribution in [1.82, 2.24) is 9.71 Å². The molecule has 1 aromatic heterocycles. The highest BCUT2D eigenvalue weighted by atomic mass is 35.5. The van der Waals surface area contributed by atoms with Crippen molar-refractivity contribution in [3.8, 4) is 0 Å². The van der Waals surface area contributed by atoms with E-state index in [9.17, 15) is 9.35 Å². The van der Waals surface area contributed by atoms with Gasteiger partial charge in [0.15, 0.2) is 6.04 Å². The molecule has 0 aliphatic heterocycles. The molecule has 7 heteroatoms. The SMILES string of the molecule is C=C(C[C@H](N[S+]([O-])C(C)(C)C)C(=O)OCC)c1cccc(Cl)n1. The third-order valence-corrected chi connectivity index (χ3v) is 4.73. The summed E-state index contributed by atoms with van der Waals surface area (Å²) in [4.78, 5) is 16.3. The number of rotatable bonds is 7. The van der Waals surface area contributed by atoms with Gasteiger partial charge in [-0.3, -0.25) is 4.79 Å². The molecule has 5 nitrogen and oxygen atoms in total. The number of carbonyl (C=O) groups is 1. The molecule has 0 aromatic carbocycles. The molecule has 1 heterocycles. The fourth-order valence-corrected chi connectivity index (χ4v) is 2.63. The third-order valence-electron chi connectivity index (χ3n) is 2.90. The van der Waals surface area contributed by atoms with Crippen LogP contribution in [0.15, 0.2) is 24.8 Å². The van der Waals surface area contributed by atoms with Crippen molar-refractivity contribution in [3.05, 3.63) is 35.6 Å². The van der Waals surface area contributed by atoms with Crippen LogP contribution in [0.2, 0.25) is 5.15 Å². The Morgan fingerprint density at radius 1 is 1.52 bits per heavy atom. The minimum Gasteiger partial charge on any atom is -0.598 e. The maximum Gasteiger partial charge on any atom is 0.328 e. The number of esters is 1. The third kappa shape index (κ3) is 6.51. The van der Waals surface area contributed by atoms with Gasteiger partial charge in [-0.15, -0.1) is 4.72 Å². The minimum atomic E-state index is -1.41. The Bertz CT molecular complexity index is 561. The first-order valence-corrected chi connectivity index (χ1v) is 8.83. The summed E-state index contributed by atoms with van der Waals surface area (Å²) in [5.41, 5.74) is 1.21. The van der Waals surface area contributed by atoms with Gasteiger partial charge in [0, 0.05) is 17.8 Å². The lowest BCUT2D eigenvalue weighted by Gasteiger charge is -2.27. The lowest BCUT2D eigenvalue weighted by atomic mass is 10.1. The summed E-state index contributed by atoms with van der Waals surface area (Å²) >= 11 is 4.47. The van der Waals surface area contributed by atoms with Crippen LogP contribution in [0.1, 0.15) is 39.8 Å². The van der Waals surface area contributed by atoms with Gasteiger partial charge in [0.05, 0.1) is 12.3 Å². The summed E-state index contributed by atoms with van der Waals surface area (Å²) in [5, 5.41) is 0.350. The van der Waals surface area contributed by atoms with E-state index >= 15 is 0 Å². The second-order valence-electron chi connectivity index (χ2n) is 5.96. The number of aromatic nitrogens is 1. The highest BCUT2D eigenvalue weighted by Gasteiger charge is 2.33. The molecular formula is C16H23ClN2O3S. The zero-order valence-corrected chi connectivity index (χ0v) is 15.5. The van der Waals surface area contributed by atoms with Gasteiger partial charge < -0.3 is 9.29 Å². The molecule has 0 aliphatic rings. The van der Waals surface area contributed by atoms with Crippen LogP contribution in [-0.2, 0) is 20.9 Å². The number of nitrogens with zero attached hydrogens (tertiary/aromatic N) is 1. The average Bonchev–Trinajstić information content (AvgIpc) is 2.45. The molecule has 0 amide bonds. The summed E-state index contributed by atoms with van der Waals surface area (Å²) in [6.07, 6.45) is 0.230. The minimum absolute atomic E-state index is 0.230. The second kappa shape index (κ2) is 8.68. The van der Waals surface area contributed by atoms with Crippen LogP contribution in [0.5, 0.6) is 0 Å². The molecule has 23 heavy (non-hydrogen) atoms. The number of nitrogens with one attached hydrogen (secondary N) is 1. The first-order chi connectivity index (χ1) is 10.6. The molecule has 0 saturated carbocycles. The van der Waals surface area contributed by atoms with Crippen LogP contribution >= 0.6 is 11.6 Å². The number of pyridine rings is 1. The van der Waals surface area contributed by atoms with Crippen molar-refractivity contribution in [2.45, 2.75) is 44.9 Å². The molecule has 128 valence electrons. The predicted octanol–water partition coefficient (Wildman–Crippen LogP) is 3.12. The first kappa shape index (κ1) is 20.0. The molecule has 0 saturated heterocycles. The number of carbonyl (C=O) groups excluding carboxylic acids is 1. The van der Waals surface area contributed by atoms with Crippen molar-refractivity contribution in [2.24, 2.45) is 0 Å². The molecule has 1 N–H and O–H groups in total. The largest absolute Gasteiger partial charge is 0.598 e. The summed E-state index contributed by atoms with van der Waals surface area (Å²) < 4.78 is 19.7. The Hall–Kier alpha value is -1.08. The van der Waals surface area contributed by atoms with E-state index in [1.165, 1.54) is 0 Å². The molecule has 1 unspecified atom stereocenters. The number of ether oxygens (including phenoxy) is 1. The van der Waals surface area contributed by atoms with E-state index < -0.39 is 28.1 Å². The fourth-order valence-electron chi connectivity index (χ4n) is 1.68. The molecule has 0 radical (unpaired) electrons. The van der Waals surface area contributed by atoms with Crippen molar-refractivity contribution < 1.29 is 14.1 Å². The fraction of sp³-hybridized carbons (Fsp3) is 0.500. The molecule has 2 atom stereocenters. The highest BCUT2D eigenvalue weighted by Crippen LogP contribution is 2.21. The van der Waals surface area contributed by atoms with Crippen LogP contribution in [0, 0.1) is 0 Å². The zero-order valence-electron chi connectivity index (χ0n) is 13.9. The van der Waals surface area contributed by atoms with Crippen molar-refractivity contribution in [1.29, 1.82) is 0 Å². The lowest BCUT2D eigenvalue weighted by molar-refractivity contribution is -0.144. The second-order valence-corrected chi connectivity index (χ2v) is 8.34. The van der Waals surface area contributed by atoms with Crippen LogP contribution in [0.25, 0.3) is 5.57 Å². The van der Waals surface area contributed by atoms with Crippen LogP contribution in [0.4, 0.5) is 0 Å². The van der Waals surface area contributed by atoms with E-state index in [0.29, 0.717) is 16.4 Å². The topological polar surface area (TPSA) is 74.3 Å². The van der Waals surface area contributed by atoms with E-state index in [0.717, 1.165) is 0 Å². The van der Waals surface area contributed by atoms with E-state index in [2.05, 4.69) is 16.3 Å². The number of hydrogen-bond acceptors (Lipinski definition) is 5. The van der Waals surface area contributed by atoms with Crippen molar-refractivity contribution in [3.63, 3.8) is 0 Å². The van der Waals surface area contributed by atoms with Crippen LogP contribution in [0.3, 0.4) is 0 Å². The Balaban J connectivity index is 2.88. The van der Waals surface area contributed by atoms with Gasteiger partial charge in [-0.05, 0) is 45.4 Å². The zero-order chi connectivity index (χ0) is 17.6. The van der Waals surface area contributed by atoms with E-state index in [1.54, 1.807) is 25.1 Å². The Morgan fingerprint density at radius 3 is 2.70 bits per heavy atom. The molecule has 1 rings (SSSR count). The quantitative estimate of drug-likeness (QED) is 0.460. The summed E-state index contributed by atoms with van der Waals surface area (Å²) in [6, 6.07) is 4.42. The molecule has 1 aromatic rings. The summed E-state index contributed by atoms with van der Waals surface area (Å²) in [5.74, 6) is -0.465. The molecule has 0 spiro atoms. The first-order valence-electron chi connectivity index (χ1n) is 7.30. The van der Waals surface area contributed by atoms with E-state index in [4.69, 9.17) is 16.3 Å². The van der Waals surface area contributed by atoms with Gasteiger partial charge in [0.1, 0.15) is 9.90 Å². The Labute approximate surface area is 145 Å². The van der Waals surface area contributed by atoms with E-state index in [-0.39, 0.29) is 13.0 Å². The Morgan fingerprint density at radius 2 is 2.17 bits per heavy atom. The monoisotopic (exact) mass is 358 g/mol. The number of halogens is 1. The maximum atomic E-state index is 12.3. The molecular weight excluding hydrogens is 336 g/mol. The van der Waals surface area contributed by atoms with Gasteiger partial charge in [-0.1, -0.05) is 24.2 Å². The Kier molecular flexibility index (Phi) is 7.54. The van der Waals surface area contributed by atoms with E-state index in [1.807, 2.05) is 20.8 Å². The normalized spacial score (nSPS) is 14.2. The smallest absolute Gasteiger partial charge is 0.328 e.